The predicted octanol–water partition coefficient (Wildman–Crippen LogP) is 4.91. The summed E-state index contributed by atoms with van der Waals surface area (Å²) in [7, 11) is 0. The highest BCUT2D eigenvalue weighted by atomic mass is 16.5. The maximum Gasteiger partial charge on any atom is 0.259 e. The zero-order valence-electron chi connectivity index (χ0n) is 21.6. The summed E-state index contributed by atoms with van der Waals surface area (Å²) >= 11 is 0. The summed E-state index contributed by atoms with van der Waals surface area (Å²) in [4.78, 5) is 24.7. The van der Waals surface area contributed by atoms with E-state index in [1.807, 2.05) is 67.7 Å². The van der Waals surface area contributed by atoms with Gasteiger partial charge in [0.1, 0.15) is 11.4 Å². The Hall–Kier alpha value is -4.72. The van der Waals surface area contributed by atoms with E-state index in [1.165, 1.54) is 0 Å². The van der Waals surface area contributed by atoms with Gasteiger partial charge in [-0.05, 0) is 49.7 Å². The number of nitrogens with zero attached hydrogens (tertiary/aromatic N) is 3. The largest absolute Gasteiger partial charge is 0.494 e. The molecule has 0 saturated carbocycles. The van der Waals surface area contributed by atoms with Crippen LogP contribution in [0.4, 0.5) is 0 Å². The van der Waals surface area contributed by atoms with E-state index in [2.05, 4.69) is 22.8 Å². The number of aromatic nitrogens is 2. The van der Waals surface area contributed by atoms with Gasteiger partial charge in [-0.1, -0.05) is 61.4 Å². The minimum Gasteiger partial charge on any atom is -0.494 e. The molecule has 0 radical (unpaired) electrons. The molecule has 0 aliphatic carbocycles. The zero-order chi connectivity index (χ0) is 26.7. The molecular formula is C30H31N5O3. The second-order valence-electron chi connectivity index (χ2n) is 8.78. The smallest absolute Gasteiger partial charge is 0.259 e. The average molecular weight is 510 g/mol. The molecule has 0 unspecified atom stereocenters. The molecule has 4 rings (SSSR count). The van der Waals surface area contributed by atoms with Gasteiger partial charge in [-0.25, -0.2) is 10.1 Å². The van der Waals surface area contributed by atoms with Crippen molar-refractivity contribution in [3.05, 3.63) is 102 Å². The van der Waals surface area contributed by atoms with E-state index >= 15 is 0 Å². The van der Waals surface area contributed by atoms with Crippen molar-refractivity contribution >= 4 is 18.0 Å². The molecule has 0 aliphatic rings. The number of hydrogen-bond acceptors (Lipinski definition) is 5. The van der Waals surface area contributed by atoms with Gasteiger partial charge in [-0.15, -0.1) is 0 Å². The lowest BCUT2D eigenvalue weighted by atomic mass is 10.1. The highest BCUT2D eigenvalue weighted by Crippen LogP contribution is 2.23. The second kappa shape index (κ2) is 13.0. The first-order chi connectivity index (χ1) is 18.5. The van der Waals surface area contributed by atoms with Crippen molar-refractivity contribution < 1.29 is 14.3 Å². The van der Waals surface area contributed by atoms with Crippen LogP contribution in [0.3, 0.4) is 0 Å². The monoisotopic (exact) mass is 509 g/mol. The zero-order valence-corrected chi connectivity index (χ0v) is 21.6. The number of para-hydroxylation sites is 1. The van der Waals surface area contributed by atoms with Crippen LogP contribution < -0.4 is 15.5 Å². The van der Waals surface area contributed by atoms with E-state index in [-0.39, 0.29) is 12.5 Å². The maximum atomic E-state index is 12.4. The molecule has 1 heterocycles. The molecule has 38 heavy (non-hydrogen) atoms. The Bertz CT molecular complexity index is 1380. The normalized spacial score (nSPS) is 10.9. The Morgan fingerprint density at radius 1 is 1.00 bits per heavy atom. The number of carbonyl (C=O) groups excluding carboxylic acids is 2. The fraction of sp³-hybridized carbons (Fsp3) is 0.200. The fourth-order valence-corrected chi connectivity index (χ4v) is 3.64. The van der Waals surface area contributed by atoms with Crippen molar-refractivity contribution in [1.29, 1.82) is 0 Å². The molecule has 0 atom stereocenters. The van der Waals surface area contributed by atoms with Gasteiger partial charge in [0, 0.05) is 22.9 Å². The summed E-state index contributed by atoms with van der Waals surface area (Å²) in [5.74, 6) is -0.0841. The van der Waals surface area contributed by atoms with Gasteiger partial charge in [0.25, 0.3) is 11.8 Å². The molecule has 2 amide bonds. The number of carbonyl (C=O) groups is 2. The fourth-order valence-electron chi connectivity index (χ4n) is 3.64. The lowest BCUT2D eigenvalue weighted by Gasteiger charge is -2.07. The Balaban J connectivity index is 1.36. The highest BCUT2D eigenvalue weighted by molar-refractivity contribution is 5.96. The number of aryl methyl sites for hydroxylation is 1. The minimum absolute atomic E-state index is 0.209. The third kappa shape index (κ3) is 7.16. The number of hydrazone groups is 1. The van der Waals surface area contributed by atoms with Gasteiger partial charge in [0.15, 0.2) is 0 Å². The SMILES string of the molecule is CCCCOc1ccc(C(=O)NCC(=O)N/N=C/c2cn(-c3ccccc3)nc2-c2ccc(C)cc2)cc1. The molecule has 0 bridgehead atoms. The third-order valence-electron chi connectivity index (χ3n) is 5.77. The summed E-state index contributed by atoms with van der Waals surface area (Å²) in [5.41, 5.74) is 7.39. The molecule has 0 fully saturated rings. The van der Waals surface area contributed by atoms with E-state index in [1.54, 1.807) is 35.2 Å². The molecule has 0 saturated heterocycles. The lowest BCUT2D eigenvalue weighted by Crippen LogP contribution is -2.34. The molecule has 194 valence electrons. The Kier molecular flexibility index (Phi) is 9.02. The van der Waals surface area contributed by atoms with Crippen LogP contribution in [0.5, 0.6) is 5.75 Å². The predicted molar refractivity (Wildman–Crippen MR) is 149 cm³/mol. The second-order valence-corrected chi connectivity index (χ2v) is 8.78. The standard InChI is InChI=1S/C30H31N5O3/c1-3-4-18-38-27-16-14-24(15-17-27)30(37)31-20-28(36)33-32-19-25-21-35(26-8-6-5-7-9-26)34-29(25)23-12-10-22(2)11-13-23/h5-17,19,21H,3-4,18,20H2,1-2H3,(H,31,37)(H,33,36)/b32-19+. The summed E-state index contributed by atoms with van der Waals surface area (Å²) < 4.78 is 7.39. The summed E-state index contributed by atoms with van der Waals surface area (Å²) in [6, 6.07) is 24.6. The van der Waals surface area contributed by atoms with Crippen LogP contribution in [0.15, 0.2) is 90.2 Å². The van der Waals surface area contributed by atoms with Crippen molar-refractivity contribution in [2.45, 2.75) is 26.7 Å². The molecular weight excluding hydrogens is 478 g/mol. The Labute approximate surface area is 222 Å². The van der Waals surface area contributed by atoms with E-state index in [0.29, 0.717) is 17.9 Å². The van der Waals surface area contributed by atoms with Crippen LogP contribution in [-0.2, 0) is 4.79 Å². The van der Waals surface area contributed by atoms with E-state index in [0.717, 1.165) is 40.9 Å². The highest BCUT2D eigenvalue weighted by Gasteiger charge is 2.12. The van der Waals surface area contributed by atoms with E-state index in [4.69, 9.17) is 9.84 Å². The number of amides is 2. The maximum absolute atomic E-state index is 12.4. The average Bonchev–Trinajstić information content (AvgIpc) is 3.37. The first kappa shape index (κ1) is 26.3. The molecule has 0 spiro atoms. The van der Waals surface area contributed by atoms with Gasteiger partial charge in [0.05, 0.1) is 25.1 Å². The minimum atomic E-state index is -0.443. The van der Waals surface area contributed by atoms with Crippen LogP contribution in [0.1, 0.15) is 41.3 Å². The van der Waals surface area contributed by atoms with Crippen LogP contribution in [0.25, 0.3) is 16.9 Å². The van der Waals surface area contributed by atoms with Gasteiger partial charge < -0.3 is 10.1 Å². The topological polar surface area (TPSA) is 97.6 Å². The molecule has 8 nitrogen and oxygen atoms in total. The van der Waals surface area contributed by atoms with Gasteiger partial charge in [-0.3, -0.25) is 9.59 Å². The third-order valence-corrected chi connectivity index (χ3v) is 5.77. The molecule has 2 N–H and O–H groups in total. The van der Waals surface area contributed by atoms with Crippen molar-refractivity contribution in [2.24, 2.45) is 5.10 Å². The summed E-state index contributed by atoms with van der Waals surface area (Å²) in [6.07, 6.45) is 5.44. The van der Waals surface area contributed by atoms with Crippen molar-refractivity contribution in [1.82, 2.24) is 20.5 Å². The van der Waals surface area contributed by atoms with Crippen LogP contribution in [-0.4, -0.2) is 41.0 Å². The van der Waals surface area contributed by atoms with Crippen LogP contribution >= 0.6 is 0 Å². The summed E-state index contributed by atoms with van der Waals surface area (Å²) in [6.45, 7) is 4.56. The quantitative estimate of drug-likeness (QED) is 0.171. The number of hydrogen-bond donors (Lipinski definition) is 2. The molecule has 1 aromatic heterocycles. The molecule has 3 aromatic carbocycles. The first-order valence-electron chi connectivity index (χ1n) is 12.6. The number of unbranched alkanes of at least 4 members (excludes halogenated alkanes) is 1. The summed E-state index contributed by atoms with van der Waals surface area (Å²) in [5, 5.41) is 11.5. The van der Waals surface area contributed by atoms with E-state index in [9.17, 15) is 9.59 Å². The lowest BCUT2D eigenvalue weighted by molar-refractivity contribution is -0.120. The Morgan fingerprint density at radius 3 is 2.45 bits per heavy atom. The van der Waals surface area contributed by atoms with Crippen LogP contribution in [0.2, 0.25) is 0 Å². The first-order valence-corrected chi connectivity index (χ1v) is 12.6. The number of ether oxygens (including phenoxy) is 1. The Morgan fingerprint density at radius 2 is 1.74 bits per heavy atom. The van der Waals surface area contributed by atoms with Gasteiger partial charge in [0.2, 0.25) is 0 Å². The van der Waals surface area contributed by atoms with Crippen LogP contribution in [0, 0.1) is 6.92 Å². The number of nitrogens with one attached hydrogen (secondary N) is 2. The van der Waals surface area contributed by atoms with Gasteiger partial charge in [-0.2, -0.15) is 10.2 Å². The van der Waals surface area contributed by atoms with E-state index < -0.39 is 5.91 Å². The number of benzene rings is 3. The molecule has 8 heteroatoms. The van der Waals surface area contributed by atoms with Crippen molar-refractivity contribution in [3.63, 3.8) is 0 Å². The van der Waals surface area contributed by atoms with Crippen molar-refractivity contribution in [2.75, 3.05) is 13.2 Å². The van der Waals surface area contributed by atoms with Gasteiger partial charge >= 0.3 is 0 Å². The molecule has 0 aliphatic heterocycles. The molecule has 4 aromatic rings. The van der Waals surface area contributed by atoms with Crippen molar-refractivity contribution in [3.8, 4) is 22.7 Å². The number of rotatable bonds is 11.